The fraction of sp³-hybridized carbons (Fsp3) is 0.429. The summed E-state index contributed by atoms with van der Waals surface area (Å²) in [7, 11) is 0. The van der Waals surface area contributed by atoms with Gasteiger partial charge in [-0.1, -0.05) is 28.1 Å². The molecular weight excluding hydrogens is 470 g/mol. The van der Waals surface area contributed by atoms with Gasteiger partial charge in [0.1, 0.15) is 0 Å². The van der Waals surface area contributed by atoms with Crippen LogP contribution in [0.2, 0.25) is 0 Å². The number of nitrogens with one attached hydrogen (secondary N) is 2. The second-order valence-electron chi connectivity index (χ2n) is 7.57. The summed E-state index contributed by atoms with van der Waals surface area (Å²) < 4.78 is 7.22. The molecule has 2 fully saturated rings. The number of benzene rings is 1. The smallest absolute Gasteiger partial charge is 0.227 e. The number of nitrogens with zero attached hydrogens (tertiary/aromatic N) is 1. The molecule has 0 radical (unpaired) electrons. The quantitative estimate of drug-likeness (QED) is 0.538. The molecule has 8 heteroatoms. The minimum atomic E-state index is -0.355. The highest BCUT2D eigenvalue weighted by atomic mass is 79.9. The molecule has 2 aliphatic heterocycles. The Labute approximate surface area is 186 Å². The number of aromatic nitrogens is 1. The molecule has 0 amide bonds. The van der Waals surface area contributed by atoms with Gasteiger partial charge in [0.2, 0.25) is 12.1 Å². The van der Waals surface area contributed by atoms with Crippen molar-refractivity contribution in [3.8, 4) is 0 Å². The first kappa shape index (κ1) is 19.6. The van der Waals surface area contributed by atoms with Crippen LogP contribution in [0.3, 0.4) is 0 Å². The third-order valence-corrected chi connectivity index (χ3v) is 8.85. The van der Waals surface area contributed by atoms with Crippen LogP contribution in [-0.2, 0) is 4.74 Å². The van der Waals surface area contributed by atoms with E-state index in [1.165, 1.54) is 6.42 Å². The normalized spacial score (nSPS) is 22.1. The molecule has 1 aliphatic carbocycles. The van der Waals surface area contributed by atoms with Gasteiger partial charge in [-0.15, -0.1) is 28.6 Å². The summed E-state index contributed by atoms with van der Waals surface area (Å²) in [5.41, 5.74) is 7.44. The summed E-state index contributed by atoms with van der Waals surface area (Å²) in [4.78, 5) is 17.1. The van der Waals surface area contributed by atoms with E-state index in [9.17, 15) is 4.79 Å². The molecule has 0 bridgehead atoms. The van der Waals surface area contributed by atoms with Gasteiger partial charge in [0.05, 0.1) is 16.0 Å². The maximum Gasteiger partial charge on any atom is 0.227 e. The summed E-state index contributed by atoms with van der Waals surface area (Å²) in [6, 6.07) is 7.61. The van der Waals surface area contributed by atoms with E-state index in [1.54, 1.807) is 0 Å². The van der Waals surface area contributed by atoms with E-state index in [1.807, 2.05) is 54.7 Å². The minimum Gasteiger partial charge on any atom is -0.448 e. The fourth-order valence-corrected chi connectivity index (χ4v) is 7.02. The first-order chi connectivity index (χ1) is 14.1. The molecule has 1 aromatic heterocycles. The number of rotatable bonds is 5. The lowest BCUT2D eigenvalue weighted by Crippen LogP contribution is -2.14. The van der Waals surface area contributed by atoms with Crippen LogP contribution in [0.4, 0.5) is 0 Å². The zero-order valence-corrected chi connectivity index (χ0v) is 19.3. The summed E-state index contributed by atoms with van der Waals surface area (Å²) in [5, 5.41) is 4.39. The van der Waals surface area contributed by atoms with Crippen molar-refractivity contribution in [2.24, 2.45) is 11.0 Å². The van der Waals surface area contributed by atoms with Crippen LogP contribution in [0, 0.1) is 12.8 Å². The number of ether oxygens (including phenoxy) is 1. The molecule has 29 heavy (non-hydrogen) atoms. The average Bonchev–Trinajstić information content (AvgIpc) is 3.37. The molecule has 2 N–H and O–H groups in total. The highest BCUT2D eigenvalue weighted by molar-refractivity contribution is 9.10. The Kier molecular flexibility index (Phi) is 5.43. The second-order valence-corrected chi connectivity index (χ2v) is 11.2. The lowest BCUT2D eigenvalue weighted by Gasteiger charge is -2.21. The van der Waals surface area contributed by atoms with Gasteiger partial charge in [-0.3, -0.25) is 10.2 Å². The largest absolute Gasteiger partial charge is 0.448 e. The molecule has 3 heterocycles. The number of thioether (sulfide) groups is 2. The van der Waals surface area contributed by atoms with Gasteiger partial charge in [-0.25, -0.2) is 0 Å². The number of carbonyl (C=O) groups is 1. The van der Waals surface area contributed by atoms with Crippen LogP contribution in [0.25, 0.3) is 0 Å². The molecule has 1 aromatic carbocycles. The molecule has 152 valence electrons. The molecule has 1 atom stereocenters. The van der Waals surface area contributed by atoms with Gasteiger partial charge in [0, 0.05) is 21.5 Å². The molecular formula is C21H22BrN3O2S2. The SMILES string of the molecule is Cc1c(C2NN=C(C3CC3)O2)[nH]c(C2SCCCS2)c1C(=O)c1cccc(Br)c1. The monoisotopic (exact) mass is 491 g/mol. The van der Waals surface area contributed by atoms with Gasteiger partial charge < -0.3 is 9.72 Å². The Morgan fingerprint density at radius 2 is 2.03 bits per heavy atom. The second kappa shape index (κ2) is 8.04. The topological polar surface area (TPSA) is 66.5 Å². The summed E-state index contributed by atoms with van der Waals surface area (Å²) in [6.07, 6.45) is 3.14. The van der Waals surface area contributed by atoms with E-state index < -0.39 is 0 Å². The number of ketones is 1. The zero-order valence-electron chi connectivity index (χ0n) is 16.0. The third kappa shape index (κ3) is 3.86. The lowest BCUT2D eigenvalue weighted by molar-refractivity contribution is 0.103. The Balaban J connectivity index is 1.53. The van der Waals surface area contributed by atoms with E-state index in [0.29, 0.717) is 11.5 Å². The molecule has 3 aliphatic rings. The van der Waals surface area contributed by atoms with Gasteiger partial charge >= 0.3 is 0 Å². The van der Waals surface area contributed by atoms with E-state index in [-0.39, 0.29) is 16.6 Å². The van der Waals surface area contributed by atoms with Crippen LogP contribution in [0.5, 0.6) is 0 Å². The molecule has 0 spiro atoms. The van der Waals surface area contributed by atoms with Crippen LogP contribution >= 0.6 is 39.5 Å². The third-order valence-electron chi connectivity index (χ3n) is 5.41. The molecule has 1 saturated carbocycles. The summed E-state index contributed by atoms with van der Waals surface area (Å²) >= 11 is 7.30. The maximum absolute atomic E-state index is 13.5. The van der Waals surface area contributed by atoms with E-state index in [0.717, 1.165) is 57.2 Å². The van der Waals surface area contributed by atoms with Gasteiger partial charge in [0.15, 0.2) is 5.78 Å². The summed E-state index contributed by atoms with van der Waals surface area (Å²) in [6.45, 7) is 2.01. The van der Waals surface area contributed by atoms with E-state index in [2.05, 4.69) is 31.4 Å². The van der Waals surface area contributed by atoms with Crippen LogP contribution < -0.4 is 5.43 Å². The van der Waals surface area contributed by atoms with Crippen molar-refractivity contribution in [3.63, 3.8) is 0 Å². The number of hydrogen-bond acceptors (Lipinski definition) is 6. The zero-order chi connectivity index (χ0) is 20.0. The molecule has 2 aromatic rings. The molecule has 5 rings (SSSR count). The van der Waals surface area contributed by atoms with Crippen LogP contribution in [0.1, 0.15) is 62.9 Å². The van der Waals surface area contributed by atoms with E-state index >= 15 is 0 Å². The van der Waals surface area contributed by atoms with Crippen molar-refractivity contribution in [2.75, 3.05) is 11.5 Å². The van der Waals surface area contributed by atoms with Gasteiger partial charge in [0.25, 0.3) is 0 Å². The Bertz CT molecular complexity index is 980. The van der Waals surface area contributed by atoms with Crippen LogP contribution in [-0.4, -0.2) is 28.2 Å². The summed E-state index contributed by atoms with van der Waals surface area (Å²) in [5.74, 6) is 3.53. The Morgan fingerprint density at radius 3 is 2.76 bits per heavy atom. The number of H-pyrrole nitrogens is 1. The standard InChI is InChI=1S/C21H22BrN3O2S2/c1-11-15(18(26)13-4-2-5-14(22)10-13)17(21-28-8-3-9-29-21)23-16(11)20-25-24-19(27-20)12-6-7-12/h2,4-5,10,12,20-21,23,25H,3,6-9H2,1H3. The number of carbonyl (C=O) groups excluding carboxylic acids is 1. The van der Waals surface area contributed by atoms with Crippen molar-refractivity contribution in [2.45, 2.75) is 37.0 Å². The van der Waals surface area contributed by atoms with Crippen LogP contribution in [0.15, 0.2) is 33.8 Å². The highest BCUT2D eigenvalue weighted by Gasteiger charge is 2.37. The predicted octanol–water partition coefficient (Wildman–Crippen LogP) is 5.53. The van der Waals surface area contributed by atoms with Crippen molar-refractivity contribution in [1.82, 2.24) is 10.4 Å². The Hall–Kier alpha value is -1.38. The van der Waals surface area contributed by atoms with Crippen molar-refractivity contribution in [1.29, 1.82) is 0 Å². The lowest BCUT2D eigenvalue weighted by atomic mass is 9.99. The van der Waals surface area contributed by atoms with Crippen molar-refractivity contribution in [3.05, 3.63) is 56.8 Å². The van der Waals surface area contributed by atoms with Crippen molar-refractivity contribution >= 4 is 51.1 Å². The van der Waals surface area contributed by atoms with Gasteiger partial charge in [-0.05, 0) is 55.4 Å². The molecule has 1 unspecified atom stereocenters. The molecule has 5 nitrogen and oxygen atoms in total. The molecule has 1 saturated heterocycles. The maximum atomic E-state index is 13.5. The first-order valence-corrected chi connectivity index (χ1v) is 12.8. The predicted molar refractivity (Wildman–Crippen MR) is 122 cm³/mol. The Morgan fingerprint density at radius 1 is 1.24 bits per heavy atom. The number of aromatic amines is 1. The highest BCUT2D eigenvalue weighted by Crippen LogP contribution is 2.46. The first-order valence-electron chi connectivity index (χ1n) is 9.87. The fourth-order valence-electron chi connectivity index (χ4n) is 3.74. The van der Waals surface area contributed by atoms with Gasteiger partial charge in [-0.2, -0.15) is 0 Å². The van der Waals surface area contributed by atoms with E-state index in [4.69, 9.17) is 4.74 Å². The average molecular weight is 492 g/mol. The minimum absolute atomic E-state index is 0.0504. The van der Waals surface area contributed by atoms with Crippen molar-refractivity contribution < 1.29 is 9.53 Å². The number of halogens is 1. The number of hydrazone groups is 1. The number of hydrogen-bond donors (Lipinski definition) is 2.